The first-order chi connectivity index (χ1) is 7.49. The molecule has 0 aromatic rings. The summed E-state index contributed by atoms with van der Waals surface area (Å²) in [5.74, 6) is -0.977. The van der Waals surface area contributed by atoms with Gasteiger partial charge < -0.3 is 10.4 Å². The molecule has 5 nitrogen and oxygen atoms in total. The summed E-state index contributed by atoms with van der Waals surface area (Å²) in [5, 5.41) is 11.1. The molecule has 94 valence electrons. The summed E-state index contributed by atoms with van der Waals surface area (Å²) in [6.07, 6.45) is 2.82. The molecule has 0 aliphatic rings. The largest absolute Gasteiger partial charge is 0.481 e. The van der Waals surface area contributed by atoms with Gasteiger partial charge in [-0.1, -0.05) is 19.8 Å². The van der Waals surface area contributed by atoms with Gasteiger partial charge in [0.05, 0.1) is 12.5 Å². The molecule has 2 N–H and O–H groups in total. The Morgan fingerprint density at radius 3 is 2.44 bits per heavy atom. The smallest absolute Gasteiger partial charge is 0.305 e. The van der Waals surface area contributed by atoms with Gasteiger partial charge in [0.2, 0.25) is 5.91 Å². The van der Waals surface area contributed by atoms with E-state index in [-0.39, 0.29) is 24.9 Å². The van der Waals surface area contributed by atoms with E-state index in [1.165, 1.54) is 0 Å². The van der Waals surface area contributed by atoms with Crippen LogP contribution in [0, 0.1) is 0 Å². The highest BCUT2D eigenvalue weighted by atomic mass is 16.4. The van der Waals surface area contributed by atoms with Crippen molar-refractivity contribution in [2.75, 3.05) is 20.6 Å². The van der Waals surface area contributed by atoms with Crippen molar-refractivity contribution in [3.05, 3.63) is 0 Å². The zero-order valence-corrected chi connectivity index (χ0v) is 10.3. The van der Waals surface area contributed by atoms with Gasteiger partial charge in [0.15, 0.2) is 0 Å². The van der Waals surface area contributed by atoms with Crippen molar-refractivity contribution in [1.29, 1.82) is 0 Å². The van der Waals surface area contributed by atoms with Crippen molar-refractivity contribution < 1.29 is 14.7 Å². The lowest BCUT2D eigenvalue weighted by Crippen LogP contribution is -2.44. The second kappa shape index (κ2) is 8.10. The average Bonchev–Trinajstić information content (AvgIpc) is 2.17. The van der Waals surface area contributed by atoms with Crippen molar-refractivity contribution in [3.8, 4) is 0 Å². The number of hydrogen-bond acceptors (Lipinski definition) is 3. The van der Waals surface area contributed by atoms with E-state index >= 15 is 0 Å². The third kappa shape index (κ3) is 6.40. The molecule has 16 heavy (non-hydrogen) atoms. The molecule has 0 heterocycles. The number of carboxylic acid groups (broad SMARTS) is 1. The van der Waals surface area contributed by atoms with Crippen LogP contribution in [0.15, 0.2) is 0 Å². The Kier molecular flexibility index (Phi) is 7.54. The summed E-state index contributed by atoms with van der Waals surface area (Å²) >= 11 is 0. The van der Waals surface area contributed by atoms with E-state index < -0.39 is 5.97 Å². The predicted octanol–water partition coefficient (Wildman–Crippen LogP) is 0.698. The Morgan fingerprint density at radius 2 is 2.00 bits per heavy atom. The van der Waals surface area contributed by atoms with Crippen molar-refractivity contribution in [1.82, 2.24) is 10.2 Å². The zero-order chi connectivity index (χ0) is 12.6. The van der Waals surface area contributed by atoms with Gasteiger partial charge in [0, 0.05) is 6.54 Å². The molecule has 0 aliphatic carbocycles. The molecule has 1 atom stereocenters. The molecule has 0 radical (unpaired) electrons. The van der Waals surface area contributed by atoms with Gasteiger partial charge in [0.1, 0.15) is 0 Å². The van der Waals surface area contributed by atoms with Crippen LogP contribution >= 0.6 is 0 Å². The first-order valence-electron chi connectivity index (χ1n) is 5.65. The Morgan fingerprint density at radius 1 is 1.38 bits per heavy atom. The highest BCUT2D eigenvalue weighted by molar-refractivity contribution is 5.82. The van der Waals surface area contributed by atoms with E-state index in [0.29, 0.717) is 0 Å². The van der Waals surface area contributed by atoms with Crippen LogP contribution < -0.4 is 5.32 Å². The molecule has 1 amide bonds. The van der Waals surface area contributed by atoms with Crippen LogP contribution in [0.1, 0.15) is 32.6 Å². The van der Waals surface area contributed by atoms with Crippen LogP contribution in [0.3, 0.4) is 0 Å². The number of hydrogen-bond donors (Lipinski definition) is 2. The SMILES string of the molecule is C[15N]([13CH3])C(CCC[13CH3])C(=O)N[13CH2]CC(=O)O. The van der Waals surface area contributed by atoms with Crippen molar-refractivity contribution in [3.63, 3.8) is 0 Å². The molecule has 0 spiro atoms. The van der Waals surface area contributed by atoms with Gasteiger partial charge >= 0.3 is 5.97 Å². The molecule has 0 saturated carbocycles. The second-order valence-electron chi connectivity index (χ2n) is 4.06. The fraction of sp³-hybridized carbons (Fsp3) is 0.818. The van der Waals surface area contributed by atoms with Gasteiger partial charge in [-0.15, -0.1) is 0 Å². The number of carboxylic acids is 1. The lowest BCUT2D eigenvalue weighted by atomic mass is 10.1. The minimum absolute atomic E-state index is 0.0281. The zero-order valence-electron chi connectivity index (χ0n) is 10.3. The highest BCUT2D eigenvalue weighted by Gasteiger charge is 2.19. The summed E-state index contributed by atoms with van der Waals surface area (Å²) in [7, 11) is 3.72. The molecule has 1 unspecified atom stereocenters. The maximum Gasteiger partial charge on any atom is 0.305 e. The van der Waals surface area contributed by atoms with Crippen LogP contribution in [0.2, 0.25) is 0 Å². The van der Waals surface area contributed by atoms with Crippen LogP contribution in [0.25, 0.3) is 0 Å². The molecule has 0 rings (SSSR count). The quantitative estimate of drug-likeness (QED) is 0.479. The van der Waals surface area contributed by atoms with Crippen molar-refractivity contribution in [2.45, 2.75) is 38.6 Å². The molecule has 0 saturated heterocycles. The van der Waals surface area contributed by atoms with Gasteiger partial charge in [-0.25, -0.2) is 0 Å². The predicted molar refractivity (Wildman–Crippen MR) is 62.3 cm³/mol. The molecular formula is C11H22N2O3. The topological polar surface area (TPSA) is 69.6 Å². The molecule has 5 heteroatoms. The fourth-order valence-corrected chi connectivity index (χ4v) is 1.43. The van der Waals surface area contributed by atoms with Crippen molar-refractivity contribution >= 4 is 11.9 Å². The van der Waals surface area contributed by atoms with Gasteiger partial charge in [-0.3, -0.25) is 14.5 Å². The number of unbranched alkanes of at least 4 members (excludes halogenated alkanes) is 1. The Bertz CT molecular complexity index is 229. The highest BCUT2D eigenvalue weighted by Crippen LogP contribution is 2.05. The summed E-state index contributed by atoms with van der Waals surface area (Å²) in [5.41, 5.74) is 0. The number of aliphatic carboxylic acids is 1. The molecule has 0 fully saturated rings. The van der Waals surface area contributed by atoms with Gasteiger partial charge in [-0.2, -0.15) is 0 Å². The third-order valence-corrected chi connectivity index (χ3v) is 2.40. The minimum atomic E-state index is -0.893. The van der Waals surface area contributed by atoms with Crippen LogP contribution in [-0.2, 0) is 9.59 Å². The number of carbonyl (C=O) groups excluding carboxylic acids is 1. The first kappa shape index (κ1) is 14.9. The number of carbonyl (C=O) groups is 2. The standard InChI is InChI=1S/C11H22N2O3/c1-4-5-6-9(13(2)3)11(16)12-8-7-10(14)15/h9H,4-8H2,1-3H3,(H,12,16)(H,14,15)/i1+1,2+1,8+1,13+1. The number of nitrogens with zero attached hydrogens (tertiary/aromatic N) is 1. The number of rotatable bonds is 8. The monoisotopic (exact) mass is 234 g/mol. The number of likely N-dealkylation sites (N-methyl/N-ethyl adjacent to an activating group) is 1. The average molecular weight is 234 g/mol. The van der Waals surface area contributed by atoms with E-state index in [4.69, 9.17) is 5.11 Å². The Balaban J connectivity index is 4.01. The normalized spacial score (nSPS) is 12.5. The van der Waals surface area contributed by atoms with Crippen LogP contribution in [-0.4, -0.2) is 48.6 Å². The van der Waals surface area contributed by atoms with Crippen LogP contribution in [0.5, 0.6) is 0 Å². The number of amides is 1. The lowest BCUT2D eigenvalue weighted by Gasteiger charge is -2.23. The second-order valence-corrected chi connectivity index (χ2v) is 4.06. The third-order valence-electron chi connectivity index (χ3n) is 2.40. The maximum absolute atomic E-state index is 11.7. The molecule has 0 aromatic carbocycles. The maximum atomic E-state index is 11.7. The molecular weight excluding hydrogens is 212 g/mol. The molecule has 0 aromatic heterocycles. The van der Waals surface area contributed by atoms with Gasteiger partial charge in [0.25, 0.3) is 0 Å². The fourth-order valence-electron chi connectivity index (χ4n) is 1.43. The van der Waals surface area contributed by atoms with E-state index in [9.17, 15) is 9.59 Å². The Labute approximate surface area is 96.8 Å². The van der Waals surface area contributed by atoms with E-state index in [0.717, 1.165) is 19.3 Å². The molecule has 0 aliphatic heterocycles. The first-order valence-corrected chi connectivity index (χ1v) is 5.65. The van der Waals surface area contributed by atoms with E-state index in [2.05, 4.69) is 12.2 Å². The number of nitrogens with one attached hydrogen (secondary N) is 1. The van der Waals surface area contributed by atoms with E-state index in [1.54, 1.807) is 0 Å². The summed E-state index contributed by atoms with van der Waals surface area (Å²) in [6.45, 7) is 2.28. The van der Waals surface area contributed by atoms with Crippen LogP contribution in [0.4, 0.5) is 0 Å². The summed E-state index contributed by atoms with van der Waals surface area (Å²) in [6, 6.07) is -0.159. The van der Waals surface area contributed by atoms with Crippen molar-refractivity contribution in [2.24, 2.45) is 0 Å². The minimum Gasteiger partial charge on any atom is -0.481 e. The van der Waals surface area contributed by atoms with E-state index in [1.807, 2.05) is 19.0 Å². The Hall–Kier alpha value is -1.10. The molecule has 0 bridgehead atoms. The lowest BCUT2D eigenvalue weighted by molar-refractivity contribution is -0.137. The summed E-state index contributed by atoms with van der Waals surface area (Å²) in [4.78, 5) is 23.9. The van der Waals surface area contributed by atoms with Gasteiger partial charge in [-0.05, 0) is 20.5 Å². The summed E-state index contributed by atoms with van der Waals surface area (Å²) < 4.78 is 0.